The van der Waals surface area contributed by atoms with Crippen LogP contribution in [0.3, 0.4) is 0 Å². The zero-order valence-corrected chi connectivity index (χ0v) is 20.5. The molecule has 2 N–H and O–H groups in total. The molecule has 0 aliphatic carbocycles. The number of rotatable bonds is 9. The molecule has 8 heteroatoms. The van der Waals surface area contributed by atoms with Gasteiger partial charge in [0.05, 0.1) is 25.5 Å². The first-order valence-corrected chi connectivity index (χ1v) is 12.1. The zero-order valence-electron chi connectivity index (χ0n) is 20.5. The molecule has 1 amide bonds. The molecule has 0 atom stereocenters. The van der Waals surface area contributed by atoms with Crippen LogP contribution in [0.2, 0.25) is 0 Å². The highest BCUT2D eigenvalue weighted by atomic mass is 16.5. The number of aryl methyl sites for hydroxylation is 2. The first kappa shape index (κ1) is 24.0. The van der Waals surface area contributed by atoms with Crippen LogP contribution in [0, 0.1) is 0 Å². The number of aromatic nitrogens is 4. The first-order valence-electron chi connectivity index (χ1n) is 12.1. The van der Waals surface area contributed by atoms with Gasteiger partial charge in [-0.25, -0.2) is 0 Å². The Kier molecular flexibility index (Phi) is 7.07. The quantitative estimate of drug-likeness (QED) is 0.324. The fourth-order valence-electron chi connectivity index (χ4n) is 4.27. The van der Waals surface area contributed by atoms with E-state index >= 15 is 0 Å². The Balaban J connectivity index is 1.35. The van der Waals surface area contributed by atoms with Gasteiger partial charge in [-0.3, -0.25) is 24.1 Å². The summed E-state index contributed by atoms with van der Waals surface area (Å²) in [6.45, 7) is 0.210. The van der Waals surface area contributed by atoms with E-state index in [2.05, 4.69) is 20.3 Å². The van der Waals surface area contributed by atoms with Gasteiger partial charge < -0.3 is 15.0 Å². The number of benzene rings is 2. The summed E-state index contributed by atoms with van der Waals surface area (Å²) in [5, 5.41) is 3.90. The molecule has 0 radical (unpaired) electrons. The molecule has 5 aromatic rings. The van der Waals surface area contributed by atoms with Crippen molar-refractivity contribution >= 4 is 16.8 Å². The number of methoxy groups -OCH3 is 1. The Hall–Kier alpha value is -4.72. The third-order valence-electron chi connectivity index (χ3n) is 6.26. The number of hydrogen-bond acceptors (Lipinski definition) is 5. The highest BCUT2D eigenvalue weighted by molar-refractivity contribution is 5.80. The van der Waals surface area contributed by atoms with Crippen LogP contribution < -0.4 is 15.6 Å². The number of H-pyrrole nitrogens is 1. The predicted molar refractivity (Wildman–Crippen MR) is 142 cm³/mol. The van der Waals surface area contributed by atoms with Gasteiger partial charge in [0, 0.05) is 29.0 Å². The summed E-state index contributed by atoms with van der Waals surface area (Å²) in [6, 6.07) is 21.1. The molecular weight excluding hydrogens is 466 g/mol. The summed E-state index contributed by atoms with van der Waals surface area (Å²) in [5.41, 5.74) is 4.48. The molecule has 2 aromatic carbocycles. The highest BCUT2D eigenvalue weighted by Crippen LogP contribution is 2.18. The molecule has 37 heavy (non-hydrogen) atoms. The molecule has 0 saturated heterocycles. The average Bonchev–Trinajstić information content (AvgIpc) is 3.36. The number of ether oxygens (including phenoxy) is 1. The molecule has 5 rings (SSSR count). The maximum absolute atomic E-state index is 13.5. The second-order valence-electron chi connectivity index (χ2n) is 8.73. The molecule has 3 aromatic heterocycles. The lowest BCUT2D eigenvalue weighted by molar-refractivity contribution is -0.121. The van der Waals surface area contributed by atoms with Crippen LogP contribution in [0.4, 0.5) is 0 Å². The Morgan fingerprint density at radius 1 is 1.03 bits per heavy atom. The number of carbonyl (C=O) groups excluding carboxylic acids is 1. The van der Waals surface area contributed by atoms with Crippen molar-refractivity contribution < 1.29 is 9.53 Å². The fourth-order valence-corrected chi connectivity index (χ4v) is 4.27. The van der Waals surface area contributed by atoms with E-state index in [0.29, 0.717) is 30.8 Å². The van der Waals surface area contributed by atoms with Crippen molar-refractivity contribution in [2.24, 2.45) is 0 Å². The molecule has 0 bridgehead atoms. The number of aromatic amines is 1. The highest BCUT2D eigenvalue weighted by Gasteiger charge is 2.15. The molecule has 0 spiro atoms. The molecule has 8 nitrogen and oxygen atoms in total. The number of carbonyl (C=O) groups is 1. The van der Waals surface area contributed by atoms with Gasteiger partial charge in [0.15, 0.2) is 0 Å². The van der Waals surface area contributed by atoms with Crippen molar-refractivity contribution in [2.45, 2.75) is 25.9 Å². The second-order valence-corrected chi connectivity index (χ2v) is 8.73. The van der Waals surface area contributed by atoms with Gasteiger partial charge in [-0.2, -0.15) is 0 Å². The molecule has 0 fully saturated rings. The second kappa shape index (κ2) is 10.9. The van der Waals surface area contributed by atoms with E-state index in [1.807, 2.05) is 66.7 Å². The van der Waals surface area contributed by atoms with Crippen molar-refractivity contribution in [3.8, 4) is 17.0 Å². The summed E-state index contributed by atoms with van der Waals surface area (Å²) in [7, 11) is 1.63. The standard InChI is InChI=1S/C29H27N5O3/c1-37-24-10-7-20(8-11-24)9-12-26-29(36)34(27(18-31-26)21-5-3-2-4-6-21)19-28(35)32-17-23-15-22-16-30-14-13-25(22)33-23/h2-8,10-11,13-16,18,33H,9,12,17,19H2,1H3,(H,32,35). The van der Waals surface area contributed by atoms with Crippen LogP contribution in [0.25, 0.3) is 22.2 Å². The molecule has 0 saturated carbocycles. The summed E-state index contributed by atoms with van der Waals surface area (Å²) in [5.74, 6) is 0.523. The van der Waals surface area contributed by atoms with E-state index in [9.17, 15) is 9.59 Å². The third kappa shape index (κ3) is 5.59. The summed E-state index contributed by atoms with van der Waals surface area (Å²) in [4.78, 5) is 38.3. The zero-order chi connectivity index (χ0) is 25.6. The minimum Gasteiger partial charge on any atom is -0.497 e. The molecule has 3 heterocycles. The van der Waals surface area contributed by atoms with E-state index in [1.54, 1.807) is 25.7 Å². The van der Waals surface area contributed by atoms with Crippen molar-refractivity contribution in [3.63, 3.8) is 0 Å². The van der Waals surface area contributed by atoms with E-state index in [4.69, 9.17) is 4.74 Å². The van der Waals surface area contributed by atoms with Gasteiger partial charge in [0.25, 0.3) is 5.56 Å². The number of nitrogens with zero attached hydrogens (tertiary/aromatic N) is 3. The van der Waals surface area contributed by atoms with Crippen LogP contribution in [0.1, 0.15) is 17.0 Å². The van der Waals surface area contributed by atoms with Gasteiger partial charge >= 0.3 is 0 Å². The van der Waals surface area contributed by atoms with Crippen LogP contribution in [-0.4, -0.2) is 32.5 Å². The number of pyridine rings is 1. The van der Waals surface area contributed by atoms with Crippen molar-refractivity contribution in [3.05, 3.63) is 113 Å². The van der Waals surface area contributed by atoms with E-state index in [-0.39, 0.29) is 18.0 Å². The summed E-state index contributed by atoms with van der Waals surface area (Å²) in [6.07, 6.45) is 6.28. The van der Waals surface area contributed by atoms with Gasteiger partial charge in [0.1, 0.15) is 18.0 Å². The fraction of sp³-hybridized carbons (Fsp3) is 0.172. The Labute approximate surface area is 214 Å². The number of fused-ring (bicyclic) bond motifs is 1. The molecule has 0 unspecified atom stereocenters. The Morgan fingerprint density at radius 2 is 1.84 bits per heavy atom. The Bertz CT molecular complexity index is 1540. The van der Waals surface area contributed by atoms with E-state index < -0.39 is 0 Å². The molecule has 0 aliphatic heterocycles. The van der Waals surface area contributed by atoms with Gasteiger partial charge in [0.2, 0.25) is 5.91 Å². The lowest BCUT2D eigenvalue weighted by Crippen LogP contribution is -2.34. The van der Waals surface area contributed by atoms with Crippen molar-refractivity contribution in [2.75, 3.05) is 7.11 Å². The van der Waals surface area contributed by atoms with Crippen LogP contribution >= 0.6 is 0 Å². The summed E-state index contributed by atoms with van der Waals surface area (Å²) >= 11 is 0. The average molecular weight is 494 g/mol. The van der Waals surface area contributed by atoms with Gasteiger partial charge in [-0.05, 0) is 48.2 Å². The Morgan fingerprint density at radius 3 is 2.59 bits per heavy atom. The minimum atomic E-state index is -0.262. The van der Waals surface area contributed by atoms with Gasteiger partial charge in [-0.1, -0.05) is 42.5 Å². The lowest BCUT2D eigenvalue weighted by Gasteiger charge is -2.14. The lowest BCUT2D eigenvalue weighted by atomic mass is 10.1. The maximum atomic E-state index is 13.5. The third-order valence-corrected chi connectivity index (χ3v) is 6.26. The topological polar surface area (TPSA) is 102 Å². The normalized spacial score (nSPS) is 10.9. The molecule has 0 aliphatic rings. The van der Waals surface area contributed by atoms with Crippen molar-refractivity contribution in [1.29, 1.82) is 0 Å². The first-order chi connectivity index (χ1) is 18.1. The smallest absolute Gasteiger partial charge is 0.273 e. The van der Waals surface area contributed by atoms with E-state index in [0.717, 1.165) is 33.5 Å². The van der Waals surface area contributed by atoms with Crippen LogP contribution in [0.15, 0.2) is 90.1 Å². The van der Waals surface area contributed by atoms with Crippen molar-refractivity contribution in [1.82, 2.24) is 24.8 Å². The van der Waals surface area contributed by atoms with Gasteiger partial charge in [-0.15, -0.1) is 0 Å². The van der Waals surface area contributed by atoms with E-state index in [1.165, 1.54) is 4.57 Å². The molecular formula is C29H27N5O3. The minimum absolute atomic E-state index is 0.108. The largest absolute Gasteiger partial charge is 0.497 e. The maximum Gasteiger partial charge on any atom is 0.273 e. The molecule has 186 valence electrons. The number of amides is 1. The summed E-state index contributed by atoms with van der Waals surface area (Å²) < 4.78 is 6.72. The van der Waals surface area contributed by atoms with Crippen LogP contribution in [-0.2, 0) is 30.7 Å². The van der Waals surface area contributed by atoms with Crippen LogP contribution in [0.5, 0.6) is 5.75 Å². The number of hydrogen-bond donors (Lipinski definition) is 2. The SMILES string of the molecule is COc1ccc(CCc2ncc(-c3ccccc3)n(CC(=O)NCc3cc4cnccc4[nH]3)c2=O)cc1. The monoisotopic (exact) mass is 493 g/mol. The number of nitrogens with one attached hydrogen (secondary N) is 2. The predicted octanol–water partition coefficient (Wildman–Crippen LogP) is 3.90.